The fourth-order valence-electron chi connectivity index (χ4n) is 3.36. The van der Waals surface area contributed by atoms with Gasteiger partial charge in [0.05, 0.1) is 0 Å². The SMILES string of the molecule is Cc1cc2c(n1CC1CC1(C)C)CCCC2N. The monoisotopic (exact) mass is 232 g/mol. The van der Waals surface area contributed by atoms with E-state index in [1.165, 1.54) is 42.8 Å². The Kier molecular flexibility index (Phi) is 2.41. The van der Waals surface area contributed by atoms with Gasteiger partial charge in [0.1, 0.15) is 0 Å². The van der Waals surface area contributed by atoms with Crippen molar-refractivity contribution in [3.8, 4) is 0 Å². The number of fused-ring (bicyclic) bond motifs is 1. The molecule has 2 N–H and O–H groups in total. The summed E-state index contributed by atoms with van der Waals surface area (Å²) in [6.45, 7) is 8.21. The van der Waals surface area contributed by atoms with E-state index in [4.69, 9.17) is 5.73 Å². The van der Waals surface area contributed by atoms with Crippen molar-refractivity contribution in [3.05, 3.63) is 23.0 Å². The number of rotatable bonds is 2. The summed E-state index contributed by atoms with van der Waals surface area (Å²) in [6, 6.07) is 2.61. The third-order valence-electron chi connectivity index (χ3n) is 4.90. The van der Waals surface area contributed by atoms with Crippen molar-refractivity contribution >= 4 is 0 Å². The molecule has 0 bridgehead atoms. The highest BCUT2D eigenvalue weighted by Crippen LogP contribution is 2.53. The fourth-order valence-corrected chi connectivity index (χ4v) is 3.36. The molecule has 2 aliphatic rings. The van der Waals surface area contributed by atoms with Crippen molar-refractivity contribution < 1.29 is 0 Å². The van der Waals surface area contributed by atoms with Gasteiger partial charge in [0.25, 0.3) is 0 Å². The summed E-state index contributed by atoms with van der Waals surface area (Å²) in [4.78, 5) is 0. The molecule has 2 atom stereocenters. The summed E-state index contributed by atoms with van der Waals surface area (Å²) < 4.78 is 2.55. The van der Waals surface area contributed by atoms with E-state index >= 15 is 0 Å². The molecule has 17 heavy (non-hydrogen) atoms. The highest BCUT2D eigenvalue weighted by molar-refractivity contribution is 5.32. The molecule has 94 valence electrons. The zero-order valence-electron chi connectivity index (χ0n) is 11.3. The van der Waals surface area contributed by atoms with Crippen molar-refractivity contribution in [2.45, 2.75) is 59.0 Å². The quantitative estimate of drug-likeness (QED) is 0.834. The maximum atomic E-state index is 6.21. The van der Waals surface area contributed by atoms with Crippen molar-refractivity contribution in [2.24, 2.45) is 17.1 Å². The van der Waals surface area contributed by atoms with Crippen LogP contribution in [0.2, 0.25) is 0 Å². The Hall–Kier alpha value is -0.760. The number of aryl methyl sites for hydroxylation is 1. The third kappa shape index (κ3) is 1.83. The molecule has 2 aliphatic carbocycles. The van der Waals surface area contributed by atoms with Crippen LogP contribution in [-0.4, -0.2) is 4.57 Å². The molecule has 2 unspecified atom stereocenters. The van der Waals surface area contributed by atoms with E-state index in [0.29, 0.717) is 5.41 Å². The Morgan fingerprint density at radius 2 is 2.18 bits per heavy atom. The second kappa shape index (κ2) is 3.61. The Balaban J connectivity index is 1.89. The average Bonchev–Trinajstić information content (AvgIpc) is 2.71. The summed E-state index contributed by atoms with van der Waals surface area (Å²) in [5.41, 5.74) is 11.2. The Labute approximate surface area is 104 Å². The lowest BCUT2D eigenvalue weighted by atomic mass is 9.93. The first-order chi connectivity index (χ1) is 7.99. The van der Waals surface area contributed by atoms with Gasteiger partial charge in [-0.15, -0.1) is 0 Å². The lowest BCUT2D eigenvalue weighted by Gasteiger charge is -2.21. The highest BCUT2D eigenvalue weighted by atomic mass is 15.0. The minimum absolute atomic E-state index is 0.283. The molecule has 0 radical (unpaired) electrons. The lowest BCUT2D eigenvalue weighted by Crippen LogP contribution is -2.19. The van der Waals surface area contributed by atoms with Gasteiger partial charge in [-0.3, -0.25) is 0 Å². The zero-order valence-corrected chi connectivity index (χ0v) is 11.3. The first-order valence-corrected chi connectivity index (χ1v) is 6.93. The Morgan fingerprint density at radius 3 is 2.82 bits per heavy atom. The van der Waals surface area contributed by atoms with Crippen LogP contribution < -0.4 is 5.73 Å². The van der Waals surface area contributed by atoms with Crippen LogP contribution in [-0.2, 0) is 13.0 Å². The summed E-state index contributed by atoms with van der Waals surface area (Å²) in [5, 5.41) is 0. The molecule has 1 heterocycles. The lowest BCUT2D eigenvalue weighted by molar-refractivity contribution is 0.472. The van der Waals surface area contributed by atoms with Crippen LogP contribution in [0.25, 0.3) is 0 Å². The number of aromatic nitrogens is 1. The second-order valence-corrected chi connectivity index (χ2v) is 6.69. The number of hydrogen-bond acceptors (Lipinski definition) is 1. The first-order valence-electron chi connectivity index (χ1n) is 6.93. The van der Waals surface area contributed by atoms with Gasteiger partial charge in [-0.25, -0.2) is 0 Å². The Morgan fingerprint density at radius 1 is 1.47 bits per heavy atom. The fraction of sp³-hybridized carbons (Fsp3) is 0.733. The molecular weight excluding hydrogens is 208 g/mol. The van der Waals surface area contributed by atoms with E-state index in [9.17, 15) is 0 Å². The molecule has 0 spiro atoms. The van der Waals surface area contributed by atoms with Gasteiger partial charge in [-0.2, -0.15) is 0 Å². The molecule has 2 heteroatoms. The van der Waals surface area contributed by atoms with Crippen molar-refractivity contribution in [1.82, 2.24) is 4.57 Å². The summed E-state index contributed by atoms with van der Waals surface area (Å²) >= 11 is 0. The normalized spacial score (nSPS) is 30.1. The molecule has 3 rings (SSSR count). The molecule has 0 aromatic carbocycles. The molecular formula is C15H24N2. The van der Waals surface area contributed by atoms with E-state index in [0.717, 1.165) is 12.3 Å². The molecule has 1 aromatic heterocycles. The van der Waals surface area contributed by atoms with Gasteiger partial charge in [0.15, 0.2) is 0 Å². The summed E-state index contributed by atoms with van der Waals surface area (Å²) in [5.74, 6) is 0.871. The molecule has 1 aromatic rings. The van der Waals surface area contributed by atoms with Gasteiger partial charge in [-0.1, -0.05) is 13.8 Å². The van der Waals surface area contributed by atoms with E-state index in [1.807, 2.05) is 0 Å². The minimum Gasteiger partial charge on any atom is -0.348 e. The maximum absolute atomic E-state index is 6.21. The van der Waals surface area contributed by atoms with Gasteiger partial charge in [0, 0.05) is 24.0 Å². The van der Waals surface area contributed by atoms with Crippen LogP contribution in [0, 0.1) is 18.3 Å². The summed E-state index contributed by atoms with van der Waals surface area (Å²) in [6.07, 6.45) is 5.02. The van der Waals surface area contributed by atoms with Crippen molar-refractivity contribution in [1.29, 1.82) is 0 Å². The van der Waals surface area contributed by atoms with Crippen LogP contribution in [0.3, 0.4) is 0 Å². The number of nitrogens with two attached hydrogens (primary N) is 1. The third-order valence-corrected chi connectivity index (χ3v) is 4.90. The van der Waals surface area contributed by atoms with Crippen LogP contribution in [0.1, 0.15) is 56.1 Å². The van der Waals surface area contributed by atoms with E-state index in [-0.39, 0.29) is 6.04 Å². The molecule has 1 fully saturated rings. The molecule has 2 nitrogen and oxygen atoms in total. The van der Waals surface area contributed by atoms with Gasteiger partial charge < -0.3 is 10.3 Å². The Bertz CT molecular complexity index is 442. The first kappa shape index (κ1) is 11.3. The number of nitrogens with zero attached hydrogens (tertiary/aromatic N) is 1. The van der Waals surface area contributed by atoms with Crippen LogP contribution in [0.4, 0.5) is 0 Å². The summed E-state index contributed by atoms with van der Waals surface area (Å²) in [7, 11) is 0. The van der Waals surface area contributed by atoms with Crippen molar-refractivity contribution in [2.75, 3.05) is 0 Å². The molecule has 0 aliphatic heterocycles. The van der Waals surface area contributed by atoms with E-state index in [1.54, 1.807) is 0 Å². The van der Waals surface area contributed by atoms with Crippen LogP contribution in [0.5, 0.6) is 0 Å². The predicted octanol–water partition coefficient (Wildman–Crippen LogP) is 3.18. The zero-order chi connectivity index (χ0) is 12.2. The standard InChI is InChI=1S/C15H24N2/c1-10-7-12-13(16)5-4-6-14(12)17(10)9-11-8-15(11,2)3/h7,11,13H,4-6,8-9,16H2,1-3H3. The van der Waals surface area contributed by atoms with E-state index in [2.05, 4.69) is 31.4 Å². The van der Waals surface area contributed by atoms with Crippen LogP contribution >= 0.6 is 0 Å². The average molecular weight is 232 g/mol. The largest absolute Gasteiger partial charge is 0.348 e. The second-order valence-electron chi connectivity index (χ2n) is 6.69. The smallest absolute Gasteiger partial charge is 0.0313 e. The highest BCUT2D eigenvalue weighted by Gasteiger charge is 2.45. The van der Waals surface area contributed by atoms with Gasteiger partial charge in [0.2, 0.25) is 0 Å². The van der Waals surface area contributed by atoms with E-state index < -0.39 is 0 Å². The number of hydrogen-bond donors (Lipinski definition) is 1. The van der Waals surface area contributed by atoms with Crippen LogP contribution in [0.15, 0.2) is 6.07 Å². The predicted molar refractivity (Wildman–Crippen MR) is 70.9 cm³/mol. The minimum atomic E-state index is 0.283. The topological polar surface area (TPSA) is 30.9 Å². The maximum Gasteiger partial charge on any atom is 0.0313 e. The van der Waals surface area contributed by atoms with Gasteiger partial charge in [-0.05, 0) is 55.6 Å². The van der Waals surface area contributed by atoms with Crippen molar-refractivity contribution in [3.63, 3.8) is 0 Å². The van der Waals surface area contributed by atoms with Gasteiger partial charge >= 0.3 is 0 Å². The molecule has 0 saturated heterocycles. The molecule has 1 saturated carbocycles. The molecule has 0 amide bonds.